The van der Waals surface area contributed by atoms with Crippen LogP contribution in [0.25, 0.3) is 0 Å². The van der Waals surface area contributed by atoms with Crippen molar-refractivity contribution in [3.05, 3.63) is 29.8 Å². The number of aldehydes is 1. The Balaban J connectivity index is 1.71. The minimum Gasteiger partial charge on any atom is -0.482 e. The average Bonchev–Trinajstić information content (AvgIpc) is 3.44. The molecular formula is C17H18N2O5. The van der Waals surface area contributed by atoms with E-state index in [9.17, 15) is 14.4 Å². The van der Waals surface area contributed by atoms with E-state index in [1.54, 1.807) is 31.2 Å². The van der Waals surface area contributed by atoms with Gasteiger partial charge in [-0.05, 0) is 49.9 Å². The summed E-state index contributed by atoms with van der Waals surface area (Å²) in [4.78, 5) is 33.9. The van der Waals surface area contributed by atoms with Crippen LogP contribution in [0, 0.1) is 17.2 Å². The SMILES string of the molecule is C[C@](C#N)(NC(=O)COC(=O)COc1ccc(C=O)cc1)C1CC1. The molecule has 1 aromatic rings. The monoisotopic (exact) mass is 330 g/mol. The first-order valence-corrected chi connectivity index (χ1v) is 7.53. The fraction of sp³-hybridized carbons (Fsp3) is 0.412. The zero-order chi connectivity index (χ0) is 17.6. The van der Waals surface area contributed by atoms with Crippen LogP contribution in [0.15, 0.2) is 24.3 Å². The van der Waals surface area contributed by atoms with E-state index in [2.05, 4.69) is 11.4 Å². The first-order valence-electron chi connectivity index (χ1n) is 7.53. The van der Waals surface area contributed by atoms with Gasteiger partial charge in [-0.2, -0.15) is 5.26 Å². The van der Waals surface area contributed by atoms with E-state index in [1.165, 1.54) is 0 Å². The van der Waals surface area contributed by atoms with E-state index in [4.69, 9.17) is 14.7 Å². The fourth-order valence-electron chi connectivity index (χ4n) is 2.18. The van der Waals surface area contributed by atoms with Crippen molar-refractivity contribution in [2.24, 2.45) is 5.92 Å². The lowest BCUT2D eigenvalue weighted by Crippen LogP contribution is -2.48. The van der Waals surface area contributed by atoms with E-state index >= 15 is 0 Å². The molecule has 0 spiro atoms. The Morgan fingerprint density at radius 1 is 1.33 bits per heavy atom. The number of nitrogens with zero attached hydrogens (tertiary/aromatic N) is 1. The number of hydrogen-bond acceptors (Lipinski definition) is 6. The molecule has 0 aromatic heterocycles. The molecular weight excluding hydrogens is 312 g/mol. The number of carbonyl (C=O) groups excluding carboxylic acids is 3. The van der Waals surface area contributed by atoms with Crippen LogP contribution in [0.2, 0.25) is 0 Å². The van der Waals surface area contributed by atoms with Crippen LogP contribution in [-0.4, -0.2) is 36.9 Å². The van der Waals surface area contributed by atoms with Crippen molar-refractivity contribution < 1.29 is 23.9 Å². The number of amides is 1. The Bertz CT molecular complexity index is 661. The molecule has 126 valence electrons. The third-order valence-corrected chi connectivity index (χ3v) is 3.76. The van der Waals surface area contributed by atoms with Crippen molar-refractivity contribution in [1.82, 2.24) is 5.32 Å². The Hall–Kier alpha value is -2.88. The highest BCUT2D eigenvalue weighted by atomic mass is 16.6. The second-order valence-electron chi connectivity index (χ2n) is 5.77. The Kier molecular flexibility index (Phi) is 5.53. The summed E-state index contributed by atoms with van der Waals surface area (Å²) in [6, 6.07) is 8.31. The largest absolute Gasteiger partial charge is 0.482 e. The Labute approximate surface area is 139 Å². The lowest BCUT2D eigenvalue weighted by Gasteiger charge is -2.22. The van der Waals surface area contributed by atoms with Gasteiger partial charge in [-0.15, -0.1) is 0 Å². The maximum Gasteiger partial charge on any atom is 0.344 e. The maximum atomic E-state index is 11.8. The van der Waals surface area contributed by atoms with Crippen molar-refractivity contribution in [3.63, 3.8) is 0 Å². The smallest absolute Gasteiger partial charge is 0.344 e. The highest BCUT2D eigenvalue weighted by molar-refractivity contribution is 5.82. The van der Waals surface area contributed by atoms with Gasteiger partial charge in [-0.1, -0.05) is 0 Å². The molecule has 7 nitrogen and oxygen atoms in total. The molecule has 0 heterocycles. The molecule has 0 bridgehead atoms. The van der Waals surface area contributed by atoms with Gasteiger partial charge in [0.15, 0.2) is 13.2 Å². The van der Waals surface area contributed by atoms with Gasteiger partial charge >= 0.3 is 5.97 Å². The summed E-state index contributed by atoms with van der Waals surface area (Å²) in [6.07, 6.45) is 2.51. The van der Waals surface area contributed by atoms with E-state index in [0.717, 1.165) is 12.8 Å². The number of hydrogen-bond donors (Lipinski definition) is 1. The van der Waals surface area contributed by atoms with Gasteiger partial charge < -0.3 is 14.8 Å². The summed E-state index contributed by atoms with van der Waals surface area (Å²) in [7, 11) is 0. The molecule has 1 amide bonds. The molecule has 1 aliphatic rings. The van der Waals surface area contributed by atoms with Crippen LogP contribution >= 0.6 is 0 Å². The second-order valence-corrected chi connectivity index (χ2v) is 5.77. The molecule has 0 saturated heterocycles. The number of esters is 1. The molecule has 1 N–H and O–H groups in total. The van der Waals surface area contributed by atoms with Crippen molar-refractivity contribution >= 4 is 18.2 Å². The van der Waals surface area contributed by atoms with Crippen LogP contribution in [0.3, 0.4) is 0 Å². The van der Waals surface area contributed by atoms with Crippen molar-refractivity contribution in [1.29, 1.82) is 5.26 Å². The van der Waals surface area contributed by atoms with Crippen LogP contribution in [0.5, 0.6) is 5.75 Å². The molecule has 0 radical (unpaired) electrons. The normalized spacial score (nSPS) is 15.5. The van der Waals surface area contributed by atoms with Gasteiger partial charge in [0.05, 0.1) is 6.07 Å². The fourth-order valence-corrected chi connectivity index (χ4v) is 2.18. The quantitative estimate of drug-likeness (QED) is 0.568. The zero-order valence-corrected chi connectivity index (χ0v) is 13.3. The van der Waals surface area contributed by atoms with E-state index in [1.807, 2.05) is 0 Å². The van der Waals surface area contributed by atoms with Gasteiger partial charge in [0.2, 0.25) is 0 Å². The predicted octanol–water partition coefficient (Wildman–Crippen LogP) is 1.23. The van der Waals surface area contributed by atoms with E-state index in [0.29, 0.717) is 17.6 Å². The summed E-state index contributed by atoms with van der Waals surface area (Å²) in [5.74, 6) is -0.656. The molecule has 0 unspecified atom stereocenters. The third-order valence-electron chi connectivity index (χ3n) is 3.76. The number of carbonyl (C=O) groups is 3. The van der Waals surface area contributed by atoms with Gasteiger partial charge in [-0.25, -0.2) is 4.79 Å². The lowest BCUT2D eigenvalue weighted by atomic mass is 9.98. The topological polar surface area (TPSA) is 105 Å². The molecule has 1 aromatic carbocycles. The van der Waals surface area contributed by atoms with E-state index < -0.39 is 24.0 Å². The molecule has 1 atom stereocenters. The number of ether oxygens (including phenoxy) is 2. The minimum absolute atomic E-state index is 0.153. The van der Waals surface area contributed by atoms with Crippen molar-refractivity contribution in [2.45, 2.75) is 25.3 Å². The third kappa shape index (κ3) is 4.81. The number of nitriles is 1. The van der Waals surface area contributed by atoms with Crippen LogP contribution in [0.1, 0.15) is 30.1 Å². The average molecular weight is 330 g/mol. The first kappa shape index (κ1) is 17.5. The molecule has 1 fully saturated rings. The van der Waals surface area contributed by atoms with Crippen LogP contribution in [0.4, 0.5) is 0 Å². The van der Waals surface area contributed by atoms with Gasteiger partial charge in [0.1, 0.15) is 17.6 Å². The van der Waals surface area contributed by atoms with E-state index in [-0.39, 0.29) is 12.5 Å². The molecule has 1 saturated carbocycles. The predicted molar refractivity (Wildman–Crippen MR) is 83.2 cm³/mol. The summed E-state index contributed by atoms with van der Waals surface area (Å²) < 4.78 is 10.0. The number of rotatable bonds is 8. The molecule has 1 aliphatic carbocycles. The highest BCUT2D eigenvalue weighted by Gasteiger charge is 2.43. The standard InChI is InChI=1S/C17H18N2O5/c1-17(11-18,13-4-5-13)19-15(21)9-24-16(22)10-23-14-6-2-12(8-20)3-7-14/h2-3,6-8,13H,4-5,9-10H2,1H3,(H,19,21)/t17-/m1/s1. The lowest BCUT2D eigenvalue weighted by molar-refractivity contribution is -0.150. The molecule has 7 heteroatoms. The summed E-state index contributed by atoms with van der Waals surface area (Å²) in [5.41, 5.74) is -0.418. The molecule has 24 heavy (non-hydrogen) atoms. The van der Waals surface area contributed by atoms with Crippen LogP contribution in [-0.2, 0) is 14.3 Å². The number of benzene rings is 1. The van der Waals surface area contributed by atoms with Crippen molar-refractivity contribution in [3.8, 4) is 11.8 Å². The first-order chi connectivity index (χ1) is 11.5. The number of nitrogens with one attached hydrogen (secondary N) is 1. The molecule has 0 aliphatic heterocycles. The maximum absolute atomic E-state index is 11.8. The van der Waals surface area contributed by atoms with Gasteiger partial charge in [-0.3, -0.25) is 9.59 Å². The van der Waals surface area contributed by atoms with Gasteiger partial charge in [0, 0.05) is 5.56 Å². The highest BCUT2D eigenvalue weighted by Crippen LogP contribution is 2.39. The molecule has 2 rings (SSSR count). The second kappa shape index (κ2) is 7.59. The zero-order valence-electron chi connectivity index (χ0n) is 13.3. The summed E-state index contributed by atoms with van der Waals surface area (Å²) in [5, 5.41) is 11.8. The minimum atomic E-state index is -0.916. The Morgan fingerprint density at radius 2 is 2.00 bits per heavy atom. The summed E-state index contributed by atoms with van der Waals surface area (Å²) in [6.45, 7) is 0.846. The van der Waals surface area contributed by atoms with Crippen LogP contribution < -0.4 is 10.1 Å². The van der Waals surface area contributed by atoms with Gasteiger partial charge in [0.25, 0.3) is 5.91 Å². The summed E-state index contributed by atoms with van der Waals surface area (Å²) >= 11 is 0. The van der Waals surface area contributed by atoms with Crippen molar-refractivity contribution in [2.75, 3.05) is 13.2 Å². The Morgan fingerprint density at radius 3 is 2.54 bits per heavy atom.